The lowest BCUT2D eigenvalue weighted by Gasteiger charge is -2.07. The number of aryl methyl sites for hydroxylation is 2. The van der Waals surface area contributed by atoms with Crippen LogP contribution in [0.2, 0.25) is 0 Å². The fourth-order valence-corrected chi connectivity index (χ4v) is 1.81. The predicted molar refractivity (Wildman–Crippen MR) is 67.2 cm³/mol. The smallest absolute Gasteiger partial charge is 0.140 e. The molecule has 3 nitrogen and oxygen atoms in total. The number of hydrogen-bond acceptors (Lipinski definition) is 3. The van der Waals surface area contributed by atoms with Crippen molar-refractivity contribution < 1.29 is 0 Å². The molecule has 14 heavy (non-hydrogen) atoms. The first-order valence-corrected chi connectivity index (χ1v) is 6.07. The number of hydrogen-bond donors (Lipinski definition) is 1. The van der Waals surface area contributed by atoms with E-state index in [-0.39, 0.29) is 0 Å². The number of nitrogen functional groups attached to an aromatic ring is 1. The Morgan fingerprint density at radius 1 is 1.14 bits per heavy atom. The zero-order valence-corrected chi connectivity index (χ0v) is 10.8. The highest BCUT2D eigenvalue weighted by Gasteiger charge is 2.08. The van der Waals surface area contributed by atoms with Crippen LogP contribution in [0.15, 0.2) is 0 Å². The Hall–Kier alpha value is -0.390. The summed E-state index contributed by atoms with van der Waals surface area (Å²) >= 11 is 2.22. The molecule has 0 saturated heterocycles. The monoisotopic (exact) mass is 305 g/mol. The van der Waals surface area contributed by atoms with Gasteiger partial charge in [-0.3, -0.25) is 0 Å². The van der Waals surface area contributed by atoms with Crippen LogP contribution in [-0.4, -0.2) is 9.97 Å². The molecule has 0 saturated carbocycles. The van der Waals surface area contributed by atoms with Gasteiger partial charge in [0, 0.05) is 6.42 Å². The summed E-state index contributed by atoms with van der Waals surface area (Å²) < 4.78 is 1.02. The Bertz CT molecular complexity index is 312. The van der Waals surface area contributed by atoms with Gasteiger partial charge in [0.25, 0.3) is 0 Å². The lowest BCUT2D eigenvalue weighted by molar-refractivity contribution is 0.791. The standard InChI is InChI=1S/C10H16IN3/c1-3-5-7-9(11)10(12)14-8(13-7)6-4-2/h3-6H2,1-2H3,(H2,12,13,14). The van der Waals surface area contributed by atoms with E-state index in [0.29, 0.717) is 5.82 Å². The van der Waals surface area contributed by atoms with Gasteiger partial charge in [-0.25, -0.2) is 9.97 Å². The van der Waals surface area contributed by atoms with Crippen molar-refractivity contribution in [2.24, 2.45) is 0 Å². The number of rotatable bonds is 4. The minimum Gasteiger partial charge on any atom is -0.383 e. The van der Waals surface area contributed by atoms with E-state index in [1.54, 1.807) is 0 Å². The van der Waals surface area contributed by atoms with Crippen LogP contribution < -0.4 is 5.73 Å². The van der Waals surface area contributed by atoms with Gasteiger partial charge in [-0.2, -0.15) is 0 Å². The van der Waals surface area contributed by atoms with Gasteiger partial charge in [0.1, 0.15) is 11.6 Å². The van der Waals surface area contributed by atoms with Gasteiger partial charge in [0.05, 0.1) is 9.26 Å². The van der Waals surface area contributed by atoms with Crippen LogP contribution in [0, 0.1) is 3.57 Å². The highest BCUT2D eigenvalue weighted by atomic mass is 127. The third-order valence-electron chi connectivity index (χ3n) is 1.95. The van der Waals surface area contributed by atoms with Crippen molar-refractivity contribution in [3.05, 3.63) is 15.1 Å². The Kier molecular flexibility index (Phi) is 4.57. The molecule has 0 unspecified atom stereocenters. The molecule has 0 radical (unpaired) electrons. The van der Waals surface area contributed by atoms with Crippen LogP contribution >= 0.6 is 22.6 Å². The van der Waals surface area contributed by atoms with Crippen molar-refractivity contribution in [3.63, 3.8) is 0 Å². The fraction of sp³-hybridized carbons (Fsp3) is 0.600. The maximum Gasteiger partial charge on any atom is 0.140 e. The molecule has 0 amide bonds. The molecule has 2 N–H and O–H groups in total. The molecule has 1 aromatic rings. The minimum atomic E-state index is 0.632. The minimum absolute atomic E-state index is 0.632. The number of anilines is 1. The number of halogens is 1. The summed E-state index contributed by atoms with van der Waals surface area (Å²) in [7, 11) is 0. The lowest BCUT2D eigenvalue weighted by Crippen LogP contribution is -2.07. The molecule has 78 valence electrons. The van der Waals surface area contributed by atoms with E-state index < -0.39 is 0 Å². The van der Waals surface area contributed by atoms with Gasteiger partial charge in [0.15, 0.2) is 0 Å². The Morgan fingerprint density at radius 2 is 1.79 bits per heavy atom. The van der Waals surface area contributed by atoms with Gasteiger partial charge in [-0.15, -0.1) is 0 Å². The average molecular weight is 305 g/mol. The average Bonchev–Trinajstić information content (AvgIpc) is 2.14. The fourth-order valence-electron chi connectivity index (χ4n) is 1.30. The Balaban J connectivity index is 3.01. The second-order valence-corrected chi connectivity index (χ2v) is 4.36. The topological polar surface area (TPSA) is 51.8 Å². The van der Waals surface area contributed by atoms with Crippen molar-refractivity contribution in [1.29, 1.82) is 0 Å². The number of nitrogens with zero attached hydrogens (tertiary/aromatic N) is 2. The third-order valence-corrected chi connectivity index (χ3v) is 3.13. The highest BCUT2D eigenvalue weighted by Crippen LogP contribution is 2.18. The van der Waals surface area contributed by atoms with Crippen LogP contribution in [0.25, 0.3) is 0 Å². The van der Waals surface area contributed by atoms with Gasteiger partial charge < -0.3 is 5.73 Å². The summed E-state index contributed by atoms with van der Waals surface area (Å²) in [5.74, 6) is 1.52. The summed E-state index contributed by atoms with van der Waals surface area (Å²) in [5, 5.41) is 0. The Labute approximate surface area is 98.7 Å². The van der Waals surface area contributed by atoms with E-state index in [4.69, 9.17) is 5.73 Å². The molecule has 0 bridgehead atoms. The number of aromatic nitrogens is 2. The normalized spacial score (nSPS) is 10.5. The molecular formula is C10H16IN3. The quantitative estimate of drug-likeness (QED) is 0.870. The van der Waals surface area contributed by atoms with E-state index in [0.717, 1.165) is 40.8 Å². The van der Waals surface area contributed by atoms with Gasteiger partial charge in [-0.1, -0.05) is 20.3 Å². The second-order valence-electron chi connectivity index (χ2n) is 3.29. The van der Waals surface area contributed by atoms with E-state index in [9.17, 15) is 0 Å². The summed E-state index contributed by atoms with van der Waals surface area (Å²) in [6.45, 7) is 4.27. The maximum absolute atomic E-state index is 5.82. The van der Waals surface area contributed by atoms with Crippen molar-refractivity contribution in [2.45, 2.75) is 39.5 Å². The first-order chi connectivity index (χ1) is 6.69. The molecule has 0 fully saturated rings. The third kappa shape index (κ3) is 2.80. The van der Waals surface area contributed by atoms with Gasteiger partial charge in [-0.05, 0) is 35.4 Å². The van der Waals surface area contributed by atoms with Crippen molar-refractivity contribution in [3.8, 4) is 0 Å². The first-order valence-electron chi connectivity index (χ1n) is 4.99. The maximum atomic E-state index is 5.82. The summed E-state index contributed by atoms with van der Waals surface area (Å²) in [6.07, 6.45) is 4.06. The molecule has 0 aliphatic rings. The zero-order chi connectivity index (χ0) is 10.6. The van der Waals surface area contributed by atoms with Crippen LogP contribution in [0.3, 0.4) is 0 Å². The highest BCUT2D eigenvalue weighted by molar-refractivity contribution is 14.1. The molecule has 0 atom stereocenters. The molecule has 1 heterocycles. The van der Waals surface area contributed by atoms with Crippen LogP contribution in [0.4, 0.5) is 5.82 Å². The van der Waals surface area contributed by atoms with Gasteiger partial charge >= 0.3 is 0 Å². The van der Waals surface area contributed by atoms with E-state index in [1.807, 2.05) is 0 Å². The predicted octanol–water partition coefficient (Wildman–Crippen LogP) is 2.57. The van der Waals surface area contributed by atoms with E-state index >= 15 is 0 Å². The van der Waals surface area contributed by atoms with Crippen LogP contribution in [-0.2, 0) is 12.8 Å². The SMILES string of the molecule is CCCc1nc(N)c(I)c(CCC)n1. The summed E-state index contributed by atoms with van der Waals surface area (Å²) in [4.78, 5) is 8.78. The van der Waals surface area contributed by atoms with Crippen molar-refractivity contribution in [1.82, 2.24) is 9.97 Å². The summed E-state index contributed by atoms with van der Waals surface area (Å²) in [5.41, 5.74) is 6.92. The van der Waals surface area contributed by atoms with Crippen LogP contribution in [0.5, 0.6) is 0 Å². The molecule has 0 aliphatic carbocycles. The lowest BCUT2D eigenvalue weighted by atomic mass is 10.2. The van der Waals surface area contributed by atoms with Gasteiger partial charge in [0.2, 0.25) is 0 Å². The number of nitrogens with two attached hydrogens (primary N) is 1. The second kappa shape index (κ2) is 5.48. The Morgan fingerprint density at radius 3 is 2.36 bits per heavy atom. The van der Waals surface area contributed by atoms with E-state index in [1.165, 1.54) is 0 Å². The molecule has 1 aromatic heterocycles. The molecule has 1 rings (SSSR count). The molecule has 0 aliphatic heterocycles. The van der Waals surface area contributed by atoms with E-state index in [2.05, 4.69) is 46.4 Å². The van der Waals surface area contributed by atoms with Crippen molar-refractivity contribution in [2.75, 3.05) is 5.73 Å². The largest absolute Gasteiger partial charge is 0.383 e. The van der Waals surface area contributed by atoms with Crippen molar-refractivity contribution >= 4 is 28.4 Å². The molecule has 4 heteroatoms. The van der Waals surface area contributed by atoms with Crippen LogP contribution in [0.1, 0.15) is 38.2 Å². The first kappa shape index (κ1) is 11.7. The zero-order valence-electron chi connectivity index (χ0n) is 8.68. The molecular weight excluding hydrogens is 289 g/mol. The molecule has 0 aromatic carbocycles. The summed E-state index contributed by atoms with van der Waals surface area (Å²) in [6, 6.07) is 0. The molecule has 0 spiro atoms.